The molecule has 8 nitrogen and oxygen atoms in total. The molecule has 0 saturated carbocycles. The van der Waals surface area contributed by atoms with Gasteiger partial charge < -0.3 is 19.3 Å². The molecule has 0 heterocycles. The van der Waals surface area contributed by atoms with Crippen LogP contribution in [0.25, 0.3) is 0 Å². The van der Waals surface area contributed by atoms with Gasteiger partial charge in [-0.3, -0.25) is 14.1 Å². The molecule has 0 aliphatic carbocycles. The number of phosphoric acid groups is 1. The SMILES string of the molecule is CCC/C=C/C/C=C/C/C=C/C/C=C/CCCCCC(=O)OC[C@H](COP(=O)(O)O)OC(=O)CCCCCCCCCCCCCCC. The molecular formula is C39H69O8P. The largest absolute Gasteiger partial charge is 0.469 e. The molecular weight excluding hydrogens is 627 g/mol. The summed E-state index contributed by atoms with van der Waals surface area (Å²) in [5.74, 6) is -0.921. The highest BCUT2D eigenvalue weighted by Crippen LogP contribution is 2.36. The highest BCUT2D eigenvalue weighted by Gasteiger charge is 2.22. The van der Waals surface area contributed by atoms with Crippen LogP contribution in [0.15, 0.2) is 48.6 Å². The second-order valence-corrected chi connectivity index (χ2v) is 13.8. The molecule has 9 heteroatoms. The molecule has 0 unspecified atom stereocenters. The highest BCUT2D eigenvalue weighted by atomic mass is 31.2. The van der Waals surface area contributed by atoms with E-state index in [2.05, 4.69) is 67.0 Å². The number of carbonyl (C=O) groups excluding carboxylic acids is 2. The normalized spacial score (nSPS) is 13.0. The van der Waals surface area contributed by atoms with Crippen LogP contribution in [0.1, 0.15) is 168 Å². The summed E-state index contributed by atoms with van der Waals surface area (Å²) in [5, 5.41) is 0. The summed E-state index contributed by atoms with van der Waals surface area (Å²) in [7, 11) is -4.76. The summed E-state index contributed by atoms with van der Waals surface area (Å²) >= 11 is 0. The Kier molecular flexibility index (Phi) is 33.4. The van der Waals surface area contributed by atoms with Crippen molar-refractivity contribution >= 4 is 19.8 Å². The van der Waals surface area contributed by atoms with E-state index in [0.717, 1.165) is 64.2 Å². The van der Waals surface area contributed by atoms with Gasteiger partial charge in [0.2, 0.25) is 0 Å². The molecule has 278 valence electrons. The smallest absolute Gasteiger partial charge is 0.462 e. The molecule has 0 aromatic heterocycles. The summed E-state index contributed by atoms with van der Waals surface area (Å²) in [6.45, 7) is 3.58. The lowest BCUT2D eigenvalue weighted by atomic mass is 10.0. The van der Waals surface area contributed by atoms with Crippen molar-refractivity contribution in [1.82, 2.24) is 0 Å². The summed E-state index contributed by atoms with van der Waals surface area (Å²) < 4.78 is 26.3. The number of allylic oxidation sites excluding steroid dienone is 8. The maximum Gasteiger partial charge on any atom is 0.469 e. The molecule has 0 aromatic rings. The van der Waals surface area contributed by atoms with E-state index < -0.39 is 32.5 Å². The number of hydrogen-bond donors (Lipinski definition) is 2. The molecule has 0 amide bonds. The molecule has 0 radical (unpaired) electrons. The molecule has 0 spiro atoms. The first kappa shape index (κ1) is 46.0. The Morgan fingerprint density at radius 1 is 0.542 bits per heavy atom. The summed E-state index contributed by atoms with van der Waals surface area (Å²) in [4.78, 5) is 42.7. The lowest BCUT2D eigenvalue weighted by Gasteiger charge is -2.18. The van der Waals surface area contributed by atoms with Gasteiger partial charge in [0.15, 0.2) is 6.10 Å². The lowest BCUT2D eigenvalue weighted by Crippen LogP contribution is -2.29. The van der Waals surface area contributed by atoms with Crippen molar-refractivity contribution in [1.29, 1.82) is 0 Å². The Hall–Kier alpha value is -1.99. The predicted molar refractivity (Wildman–Crippen MR) is 198 cm³/mol. The van der Waals surface area contributed by atoms with Gasteiger partial charge >= 0.3 is 19.8 Å². The predicted octanol–water partition coefficient (Wildman–Crippen LogP) is 11.2. The topological polar surface area (TPSA) is 119 Å². The minimum absolute atomic E-state index is 0.206. The number of hydrogen-bond acceptors (Lipinski definition) is 6. The third-order valence-corrected chi connectivity index (χ3v) is 8.32. The molecule has 0 rings (SSSR count). The number of carbonyl (C=O) groups is 2. The first-order valence-electron chi connectivity index (χ1n) is 18.9. The van der Waals surface area contributed by atoms with Gasteiger partial charge in [-0.15, -0.1) is 0 Å². The molecule has 0 aliphatic rings. The van der Waals surface area contributed by atoms with Gasteiger partial charge in [0.1, 0.15) is 6.61 Å². The summed E-state index contributed by atoms with van der Waals surface area (Å²) in [5.41, 5.74) is 0. The first-order valence-corrected chi connectivity index (χ1v) is 20.5. The molecule has 1 atom stereocenters. The first-order chi connectivity index (χ1) is 23.3. The van der Waals surface area contributed by atoms with Crippen molar-refractivity contribution in [3.63, 3.8) is 0 Å². The van der Waals surface area contributed by atoms with Gasteiger partial charge in [-0.1, -0.05) is 152 Å². The molecule has 0 aliphatic heterocycles. The third-order valence-electron chi connectivity index (χ3n) is 7.83. The fourth-order valence-electron chi connectivity index (χ4n) is 5.01. The number of ether oxygens (including phenoxy) is 2. The van der Waals surface area contributed by atoms with Crippen LogP contribution < -0.4 is 0 Å². The third kappa shape index (κ3) is 36.8. The van der Waals surface area contributed by atoms with Gasteiger partial charge in [0.05, 0.1) is 6.61 Å². The molecule has 0 fully saturated rings. The van der Waals surface area contributed by atoms with Crippen molar-refractivity contribution in [3.8, 4) is 0 Å². The zero-order valence-electron chi connectivity index (χ0n) is 30.4. The van der Waals surface area contributed by atoms with Crippen molar-refractivity contribution in [3.05, 3.63) is 48.6 Å². The second-order valence-electron chi connectivity index (χ2n) is 12.6. The van der Waals surface area contributed by atoms with E-state index in [1.165, 1.54) is 64.2 Å². The Morgan fingerprint density at radius 3 is 1.48 bits per heavy atom. The number of unbranched alkanes of at least 4 members (excludes halogenated alkanes) is 16. The van der Waals surface area contributed by atoms with Gasteiger partial charge in [0.25, 0.3) is 0 Å². The van der Waals surface area contributed by atoms with Crippen LogP contribution in [-0.4, -0.2) is 41.0 Å². The Morgan fingerprint density at radius 2 is 0.979 bits per heavy atom. The molecule has 0 bridgehead atoms. The zero-order valence-corrected chi connectivity index (χ0v) is 31.3. The van der Waals surface area contributed by atoms with Crippen LogP contribution in [0.2, 0.25) is 0 Å². The number of phosphoric ester groups is 1. The Labute approximate surface area is 293 Å². The highest BCUT2D eigenvalue weighted by molar-refractivity contribution is 7.46. The van der Waals surface area contributed by atoms with Crippen molar-refractivity contribution in [2.75, 3.05) is 13.2 Å². The van der Waals surface area contributed by atoms with Gasteiger partial charge in [-0.05, 0) is 51.4 Å². The van der Waals surface area contributed by atoms with E-state index in [1.54, 1.807) is 0 Å². The van der Waals surface area contributed by atoms with Crippen molar-refractivity contribution in [2.24, 2.45) is 0 Å². The average molecular weight is 697 g/mol. The van der Waals surface area contributed by atoms with E-state index in [9.17, 15) is 14.2 Å². The van der Waals surface area contributed by atoms with Gasteiger partial charge in [-0.2, -0.15) is 0 Å². The van der Waals surface area contributed by atoms with Crippen LogP contribution in [-0.2, 0) is 28.2 Å². The molecule has 2 N–H and O–H groups in total. The molecule has 0 saturated heterocycles. The maximum atomic E-state index is 12.3. The van der Waals surface area contributed by atoms with Crippen molar-refractivity contribution < 1.29 is 37.9 Å². The lowest BCUT2D eigenvalue weighted by molar-refractivity contribution is -0.161. The van der Waals surface area contributed by atoms with Crippen LogP contribution in [0, 0.1) is 0 Å². The van der Waals surface area contributed by atoms with E-state index in [0.29, 0.717) is 12.8 Å². The summed E-state index contributed by atoms with van der Waals surface area (Å²) in [6.07, 6.45) is 41.1. The fourth-order valence-corrected chi connectivity index (χ4v) is 5.37. The second kappa shape index (κ2) is 34.9. The van der Waals surface area contributed by atoms with Gasteiger partial charge in [-0.25, -0.2) is 4.57 Å². The van der Waals surface area contributed by atoms with E-state index >= 15 is 0 Å². The van der Waals surface area contributed by atoms with E-state index in [4.69, 9.17) is 19.3 Å². The minimum Gasteiger partial charge on any atom is -0.462 e. The van der Waals surface area contributed by atoms with Crippen LogP contribution in [0.3, 0.4) is 0 Å². The maximum absolute atomic E-state index is 12.3. The number of esters is 2. The van der Waals surface area contributed by atoms with Crippen LogP contribution in [0.4, 0.5) is 0 Å². The average Bonchev–Trinajstić information content (AvgIpc) is 3.05. The summed E-state index contributed by atoms with van der Waals surface area (Å²) in [6, 6.07) is 0. The van der Waals surface area contributed by atoms with E-state index in [1.807, 2.05) is 0 Å². The standard InChI is InChI=1S/C39H69O8P/c1-3-5-7-9-11-13-15-17-18-19-20-22-23-25-27-29-31-33-38(40)45-35-37(36-46-48(42,43)44)47-39(41)34-32-30-28-26-24-21-16-14-12-10-8-6-4-2/h7,9,13,15,18-19,22-23,37H,3-6,8,10-12,14,16-17,20-21,24-36H2,1-2H3,(H2,42,43,44)/b9-7+,15-13+,19-18+,23-22+/t37-/m1/s1. The molecule has 0 aromatic carbocycles. The fraction of sp³-hybridized carbons (Fsp3) is 0.744. The monoisotopic (exact) mass is 696 g/mol. The van der Waals surface area contributed by atoms with Crippen LogP contribution in [0.5, 0.6) is 0 Å². The number of rotatable bonds is 34. The molecule has 48 heavy (non-hydrogen) atoms. The zero-order chi connectivity index (χ0) is 35.4. The Balaban J connectivity index is 4.03. The quantitative estimate of drug-likeness (QED) is 0.0295. The Bertz CT molecular complexity index is 921. The van der Waals surface area contributed by atoms with Crippen molar-refractivity contribution in [2.45, 2.75) is 174 Å². The minimum atomic E-state index is -4.76. The van der Waals surface area contributed by atoms with Crippen LogP contribution >= 0.6 is 7.82 Å². The van der Waals surface area contributed by atoms with E-state index in [-0.39, 0.29) is 19.4 Å². The van der Waals surface area contributed by atoms with Gasteiger partial charge in [0, 0.05) is 12.8 Å².